The first-order valence-corrected chi connectivity index (χ1v) is 17.5. The maximum absolute atomic E-state index is 6.51. The molecule has 13 heteroatoms. The smallest absolute Gasteiger partial charge is 0.472 e. The fraction of sp³-hybridized carbons (Fsp3) is 0.559. The molecule has 0 unspecified atom stereocenters. The summed E-state index contributed by atoms with van der Waals surface area (Å²) in [5.74, 6) is 2.57. The van der Waals surface area contributed by atoms with Gasteiger partial charge in [0.2, 0.25) is 5.88 Å². The standard InChI is InChI=1S/C34H47BIN7O4/c1-22(19-40(7)20-26-23(2)42(9)38-31(26)36)45-32-27(21-41(8)39-32)24-13-14-29-25(18-24)28(37-43(29)30-12-10-11-17-44-30)15-16-35-46-33(3,4)34(5,6)47-35/h13-16,18,21-22,30H,10-12,17,19-20H2,1-9H3/b16-15+/t22-,30-/m0/s1. The Morgan fingerprint density at radius 1 is 1.13 bits per heavy atom. The van der Waals surface area contributed by atoms with Gasteiger partial charge in [-0.2, -0.15) is 10.2 Å². The first kappa shape index (κ1) is 34.2. The maximum Gasteiger partial charge on any atom is 0.487 e. The van der Waals surface area contributed by atoms with Gasteiger partial charge >= 0.3 is 7.12 Å². The van der Waals surface area contributed by atoms with Gasteiger partial charge in [0.05, 0.1) is 28.0 Å². The molecule has 3 aromatic heterocycles. The van der Waals surface area contributed by atoms with Gasteiger partial charge in [0.1, 0.15) is 9.80 Å². The number of halogens is 1. The quantitative estimate of drug-likeness (QED) is 0.137. The van der Waals surface area contributed by atoms with E-state index in [-0.39, 0.29) is 12.3 Å². The maximum atomic E-state index is 6.51. The molecule has 0 aliphatic carbocycles. The average molecular weight is 756 g/mol. The largest absolute Gasteiger partial charge is 0.487 e. The van der Waals surface area contributed by atoms with E-state index < -0.39 is 18.3 Å². The average Bonchev–Trinajstić information content (AvgIpc) is 3.69. The Balaban J connectivity index is 1.27. The molecule has 5 heterocycles. The van der Waals surface area contributed by atoms with Crippen molar-refractivity contribution < 1.29 is 18.8 Å². The Bertz CT molecular complexity index is 1760. The third-order valence-corrected chi connectivity index (χ3v) is 10.5. The van der Waals surface area contributed by atoms with Gasteiger partial charge in [-0.15, -0.1) is 5.10 Å². The summed E-state index contributed by atoms with van der Waals surface area (Å²) in [5, 5.41) is 15.4. The minimum Gasteiger partial charge on any atom is -0.472 e. The Hall–Kier alpha value is -2.72. The topological polar surface area (TPSA) is 93.6 Å². The van der Waals surface area contributed by atoms with Gasteiger partial charge in [0, 0.05) is 56.6 Å². The number of rotatable bonds is 10. The zero-order valence-electron chi connectivity index (χ0n) is 29.1. The minimum absolute atomic E-state index is 0.0865. The normalized spacial score (nSPS) is 20.2. The van der Waals surface area contributed by atoms with Crippen molar-refractivity contribution >= 4 is 46.7 Å². The molecule has 6 rings (SSSR count). The van der Waals surface area contributed by atoms with E-state index in [4.69, 9.17) is 29.0 Å². The van der Waals surface area contributed by atoms with E-state index in [1.54, 1.807) is 0 Å². The highest BCUT2D eigenvalue weighted by molar-refractivity contribution is 14.1. The molecule has 0 amide bonds. The van der Waals surface area contributed by atoms with Crippen molar-refractivity contribution in [3.8, 4) is 17.0 Å². The highest BCUT2D eigenvalue weighted by atomic mass is 127. The summed E-state index contributed by atoms with van der Waals surface area (Å²) in [7, 11) is 5.57. The van der Waals surface area contributed by atoms with Gasteiger partial charge in [0.15, 0.2) is 6.23 Å². The lowest BCUT2D eigenvalue weighted by molar-refractivity contribution is -0.0367. The van der Waals surface area contributed by atoms with Crippen LogP contribution in [0.2, 0.25) is 0 Å². The van der Waals surface area contributed by atoms with Crippen LogP contribution in [0.25, 0.3) is 28.1 Å². The van der Waals surface area contributed by atoms with Gasteiger partial charge in [-0.05, 0) is 114 Å². The monoisotopic (exact) mass is 755 g/mol. The van der Waals surface area contributed by atoms with Crippen LogP contribution in [0, 0.1) is 10.6 Å². The van der Waals surface area contributed by atoms with Gasteiger partial charge in [-0.3, -0.25) is 14.3 Å². The van der Waals surface area contributed by atoms with Crippen LogP contribution in [0.4, 0.5) is 0 Å². The molecular weight excluding hydrogens is 708 g/mol. The summed E-state index contributed by atoms with van der Waals surface area (Å²) in [6.07, 6.45) is 6.98. The number of aryl methyl sites for hydroxylation is 2. The summed E-state index contributed by atoms with van der Waals surface area (Å²) in [6, 6.07) is 6.44. The molecule has 0 spiro atoms. The third kappa shape index (κ3) is 7.05. The Morgan fingerprint density at radius 2 is 1.87 bits per heavy atom. The lowest BCUT2D eigenvalue weighted by atomic mass is 9.89. The van der Waals surface area contributed by atoms with Crippen molar-refractivity contribution in [2.45, 2.75) is 90.9 Å². The summed E-state index contributed by atoms with van der Waals surface area (Å²) in [4.78, 5) is 2.27. The van der Waals surface area contributed by atoms with Gasteiger partial charge in [-0.1, -0.05) is 12.0 Å². The molecule has 0 bridgehead atoms. The summed E-state index contributed by atoms with van der Waals surface area (Å²) in [5.41, 5.74) is 5.42. The molecule has 1 aromatic carbocycles. The molecule has 2 fully saturated rings. The molecule has 0 radical (unpaired) electrons. The number of nitrogens with zero attached hydrogens (tertiary/aromatic N) is 7. The van der Waals surface area contributed by atoms with Crippen molar-refractivity contribution in [1.82, 2.24) is 34.2 Å². The first-order valence-electron chi connectivity index (χ1n) is 16.5. The van der Waals surface area contributed by atoms with Crippen LogP contribution in [0.3, 0.4) is 0 Å². The molecule has 11 nitrogen and oxygen atoms in total. The van der Waals surface area contributed by atoms with Crippen molar-refractivity contribution in [3.05, 3.63) is 51.0 Å². The second-order valence-corrected chi connectivity index (χ2v) is 15.0. The van der Waals surface area contributed by atoms with Crippen LogP contribution in [-0.2, 0) is 34.7 Å². The fourth-order valence-corrected chi connectivity index (χ4v) is 7.16. The molecule has 0 saturated carbocycles. The highest BCUT2D eigenvalue weighted by Gasteiger charge is 2.50. The van der Waals surface area contributed by atoms with Crippen LogP contribution >= 0.6 is 22.6 Å². The summed E-state index contributed by atoms with van der Waals surface area (Å²) < 4.78 is 32.0. The van der Waals surface area contributed by atoms with Crippen LogP contribution in [0.15, 0.2) is 30.4 Å². The number of fused-ring (bicyclic) bond motifs is 1. The molecular formula is C34H47BIN7O4. The minimum atomic E-state index is -0.460. The number of benzene rings is 1. The molecule has 2 atom stereocenters. The molecule has 47 heavy (non-hydrogen) atoms. The second-order valence-electron chi connectivity index (χ2n) is 14.0. The molecule has 252 valence electrons. The fourth-order valence-electron chi connectivity index (χ4n) is 6.27. The number of hydrogen-bond acceptors (Lipinski definition) is 8. The number of hydrogen-bond donors (Lipinski definition) is 0. The number of likely N-dealkylation sites (N-methyl/N-ethyl adjacent to an activating group) is 1. The van der Waals surface area contributed by atoms with E-state index in [9.17, 15) is 0 Å². The summed E-state index contributed by atoms with van der Waals surface area (Å²) in [6.45, 7) is 14.7. The predicted octanol–water partition coefficient (Wildman–Crippen LogP) is 6.33. The van der Waals surface area contributed by atoms with Gasteiger partial charge < -0.3 is 18.8 Å². The number of aromatic nitrogens is 6. The third-order valence-electron chi connectivity index (χ3n) is 9.67. The zero-order chi connectivity index (χ0) is 33.7. The van der Waals surface area contributed by atoms with Crippen LogP contribution in [0.5, 0.6) is 5.88 Å². The Kier molecular flexibility index (Phi) is 9.67. The van der Waals surface area contributed by atoms with E-state index >= 15 is 0 Å². The summed E-state index contributed by atoms with van der Waals surface area (Å²) >= 11 is 2.31. The Labute approximate surface area is 291 Å². The van der Waals surface area contributed by atoms with Gasteiger partial charge in [0.25, 0.3) is 0 Å². The van der Waals surface area contributed by atoms with Crippen LogP contribution < -0.4 is 4.74 Å². The van der Waals surface area contributed by atoms with Crippen molar-refractivity contribution in [2.24, 2.45) is 14.1 Å². The lowest BCUT2D eigenvalue weighted by Gasteiger charge is -2.32. The molecule has 0 N–H and O–H groups in total. The van der Waals surface area contributed by atoms with E-state index in [0.29, 0.717) is 5.88 Å². The van der Waals surface area contributed by atoms with Gasteiger partial charge in [-0.25, -0.2) is 4.68 Å². The second kappa shape index (κ2) is 13.3. The van der Waals surface area contributed by atoms with E-state index in [1.807, 2.05) is 46.4 Å². The van der Waals surface area contributed by atoms with Crippen molar-refractivity contribution in [2.75, 3.05) is 20.2 Å². The number of ether oxygens (including phenoxy) is 2. The van der Waals surface area contributed by atoms with E-state index in [1.165, 1.54) is 11.3 Å². The molecule has 2 aliphatic rings. The predicted molar refractivity (Wildman–Crippen MR) is 193 cm³/mol. The lowest BCUT2D eigenvalue weighted by Crippen LogP contribution is -2.41. The van der Waals surface area contributed by atoms with Crippen LogP contribution in [-0.4, -0.2) is 78.9 Å². The zero-order valence-corrected chi connectivity index (χ0v) is 31.2. The van der Waals surface area contributed by atoms with Crippen LogP contribution in [0.1, 0.15) is 77.1 Å². The van der Waals surface area contributed by atoms with Crippen molar-refractivity contribution in [3.63, 3.8) is 0 Å². The molecule has 2 saturated heterocycles. The SMILES string of the molecule is Cc1c(CN(C)C[C@H](C)Oc2nn(C)cc2-c2ccc3c(c2)c(/C=C/B2OC(C)(C)C(C)(C)O2)nn3[C@@H]2CCCCO2)c(I)nn1C. The molecule has 2 aliphatic heterocycles. The van der Waals surface area contributed by atoms with E-state index in [0.717, 1.165) is 70.4 Å². The highest BCUT2D eigenvalue weighted by Crippen LogP contribution is 2.38. The van der Waals surface area contributed by atoms with Crippen molar-refractivity contribution in [1.29, 1.82) is 0 Å². The first-order chi connectivity index (χ1) is 22.2. The van der Waals surface area contributed by atoms with E-state index in [2.05, 4.69) is 99.4 Å². The Morgan fingerprint density at radius 3 is 2.53 bits per heavy atom. The molecule has 4 aromatic rings.